The highest BCUT2D eigenvalue weighted by Crippen LogP contribution is 2.27. The second kappa shape index (κ2) is 8.74. The minimum Gasteiger partial charge on any atom is -0.497 e. The van der Waals surface area contributed by atoms with Gasteiger partial charge in [0.25, 0.3) is 5.91 Å². The van der Waals surface area contributed by atoms with Crippen LogP contribution >= 0.6 is 0 Å². The standard InChI is InChI=1S/C24H27N5O4/c1-33-20-5-3-19(4-6-20)27-12-10-26(11-13-27)15-17-2-7-21-18(14-17)16-29(23(21)31)28-9-8-22(30)25-24(28)32/h2-7,14H,8-13,15-16H2,1H3,(H,25,30,32). The third-order valence-electron chi connectivity index (χ3n) is 6.49. The lowest BCUT2D eigenvalue weighted by Gasteiger charge is -2.36. The molecular weight excluding hydrogens is 422 g/mol. The molecule has 3 aliphatic heterocycles. The van der Waals surface area contributed by atoms with Crippen molar-refractivity contribution < 1.29 is 19.1 Å². The van der Waals surface area contributed by atoms with Crippen LogP contribution in [0.1, 0.15) is 27.9 Å². The van der Waals surface area contributed by atoms with Gasteiger partial charge in [-0.3, -0.25) is 19.8 Å². The Balaban J connectivity index is 1.19. The van der Waals surface area contributed by atoms with Gasteiger partial charge in [0.05, 0.1) is 20.2 Å². The molecule has 3 aliphatic rings. The molecule has 0 aromatic heterocycles. The molecule has 0 radical (unpaired) electrons. The van der Waals surface area contributed by atoms with Gasteiger partial charge in [0.1, 0.15) is 5.75 Å². The van der Waals surface area contributed by atoms with Gasteiger partial charge >= 0.3 is 6.03 Å². The number of benzene rings is 2. The molecule has 2 fully saturated rings. The first-order chi connectivity index (χ1) is 16.0. The molecule has 3 heterocycles. The van der Waals surface area contributed by atoms with Crippen LogP contribution in [0, 0.1) is 0 Å². The number of fused-ring (bicyclic) bond motifs is 1. The van der Waals surface area contributed by atoms with Gasteiger partial charge in [0.15, 0.2) is 0 Å². The minimum atomic E-state index is -0.539. The van der Waals surface area contributed by atoms with E-state index in [4.69, 9.17) is 4.74 Å². The first-order valence-corrected chi connectivity index (χ1v) is 11.2. The molecule has 33 heavy (non-hydrogen) atoms. The normalized spacial score (nSPS) is 19.1. The number of anilines is 1. The summed E-state index contributed by atoms with van der Waals surface area (Å²) in [6.45, 7) is 5.19. The average molecular weight is 450 g/mol. The van der Waals surface area contributed by atoms with Gasteiger partial charge in [0.2, 0.25) is 5.91 Å². The maximum absolute atomic E-state index is 12.8. The van der Waals surface area contributed by atoms with Gasteiger partial charge in [-0.2, -0.15) is 0 Å². The molecule has 2 aromatic carbocycles. The summed E-state index contributed by atoms with van der Waals surface area (Å²) in [7, 11) is 1.67. The molecular formula is C24H27N5O4. The highest BCUT2D eigenvalue weighted by molar-refractivity contribution is 6.01. The van der Waals surface area contributed by atoms with E-state index >= 15 is 0 Å². The van der Waals surface area contributed by atoms with Crippen LogP contribution in [0.5, 0.6) is 5.75 Å². The predicted molar refractivity (Wildman–Crippen MR) is 122 cm³/mol. The van der Waals surface area contributed by atoms with Crippen LogP contribution in [0.25, 0.3) is 0 Å². The predicted octanol–water partition coefficient (Wildman–Crippen LogP) is 1.83. The molecule has 172 valence electrons. The summed E-state index contributed by atoms with van der Waals surface area (Å²) in [5.41, 5.74) is 3.89. The number of hydrazine groups is 1. The summed E-state index contributed by atoms with van der Waals surface area (Å²) in [5, 5.41) is 5.05. The molecule has 1 N–H and O–H groups in total. The quantitative estimate of drug-likeness (QED) is 0.750. The van der Waals surface area contributed by atoms with E-state index in [0.29, 0.717) is 12.1 Å². The van der Waals surface area contributed by atoms with E-state index in [9.17, 15) is 14.4 Å². The van der Waals surface area contributed by atoms with E-state index in [1.165, 1.54) is 15.7 Å². The average Bonchev–Trinajstić information content (AvgIpc) is 3.15. The van der Waals surface area contributed by atoms with Gasteiger partial charge in [0, 0.05) is 50.4 Å². The van der Waals surface area contributed by atoms with Crippen LogP contribution in [-0.4, -0.2) is 72.6 Å². The number of carbonyl (C=O) groups excluding carboxylic acids is 3. The summed E-state index contributed by atoms with van der Waals surface area (Å²) in [4.78, 5) is 41.2. The zero-order valence-corrected chi connectivity index (χ0v) is 18.6. The smallest absolute Gasteiger partial charge is 0.342 e. The minimum absolute atomic E-state index is 0.194. The summed E-state index contributed by atoms with van der Waals surface area (Å²) in [6, 6.07) is 13.5. The Bertz CT molecular complexity index is 1080. The van der Waals surface area contributed by atoms with Crippen molar-refractivity contribution in [2.45, 2.75) is 19.5 Å². The van der Waals surface area contributed by atoms with E-state index in [-0.39, 0.29) is 24.8 Å². The number of nitrogens with one attached hydrogen (secondary N) is 1. The van der Waals surface area contributed by atoms with E-state index < -0.39 is 6.03 Å². The first kappa shape index (κ1) is 21.3. The molecule has 5 rings (SSSR count). The first-order valence-electron chi connectivity index (χ1n) is 11.2. The zero-order valence-electron chi connectivity index (χ0n) is 18.6. The van der Waals surface area contributed by atoms with Crippen molar-refractivity contribution in [2.75, 3.05) is 44.7 Å². The number of carbonyl (C=O) groups is 3. The Morgan fingerprint density at radius 3 is 2.36 bits per heavy atom. The number of nitrogens with zero attached hydrogens (tertiary/aromatic N) is 4. The Kier molecular flexibility index (Phi) is 5.63. The zero-order chi connectivity index (χ0) is 22.9. The summed E-state index contributed by atoms with van der Waals surface area (Å²) >= 11 is 0. The Morgan fingerprint density at radius 1 is 0.909 bits per heavy atom. The highest BCUT2D eigenvalue weighted by atomic mass is 16.5. The maximum atomic E-state index is 12.8. The van der Waals surface area contributed by atoms with Crippen molar-refractivity contribution in [1.29, 1.82) is 0 Å². The van der Waals surface area contributed by atoms with Gasteiger partial charge in [-0.25, -0.2) is 14.8 Å². The summed E-state index contributed by atoms with van der Waals surface area (Å²) < 4.78 is 5.24. The second-order valence-corrected chi connectivity index (χ2v) is 8.54. The number of ether oxygens (including phenoxy) is 1. The Hall–Kier alpha value is -3.59. The SMILES string of the molecule is COc1ccc(N2CCN(Cc3ccc4c(c3)CN(N3CCC(=O)NC3=O)C4=O)CC2)cc1. The van der Waals surface area contributed by atoms with Crippen LogP contribution in [0.4, 0.5) is 10.5 Å². The lowest BCUT2D eigenvalue weighted by atomic mass is 10.1. The highest BCUT2D eigenvalue weighted by Gasteiger charge is 2.36. The lowest BCUT2D eigenvalue weighted by molar-refractivity contribution is -0.123. The molecule has 0 atom stereocenters. The van der Waals surface area contributed by atoms with Crippen LogP contribution in [0.2, 0.25) is 0 Å². The molecule has 0 bridgehead atoms. The fourth-order valence-corrected chi connectivity index (χ4v) is 4.65. The van der Waals surface area contributed by atoms with E-state index in [2.05, 4.69) is 33.3 Å². The molecule has 0 spiro atoms. The molecule has 9 heteroatoms. The fraction of sp³-hybridized carbons (Fsp3) is 0.375. The van der Waals surface area contributed by atoms with Crippen molar-refractivity contribution in [3.05, 3.63) is 59.2 Å². The molecule has 4 amide bonds. The molecule has 0 saturated carbocycles. The summed E-state index contributed by atoms with van der Waals surface area (Å²) in [5.74, 6) is 0.351. The van der Waals surface area contributed by atoms with E-state index in [1.54, 1.807) is 7.11 Å². The largest absolute Gasteiger partial charge is 0.497 e. The lowest BCUT2D eigenvalue weighted by Crippen LogP contribution is -2.56. The van der Waals surface area contributed by atoms with Gasteiger partial charge < -0.3 is 9.64 Å². The third kappa shape index (κ3) is 4.23. The number of hydrogen-bond acceptors (Lipinski definition) is 6. The van der Waals surface area contributed by atoms with Crippen molar-refractivity contribution in [2.24, 2.45) is 0 Å². The number of methoxy groups -OCH3 is 1. The summed E-state index contributed by atoms with van der Waals surface area (Å²) in [6.07, 6.45) is 0.194. The van der Waals surface area contributed by atoms with Crippen molar-refractivity contribution in [3.8, 4) is 5.75 Å². The van der Waals surface area contributed by atoms with Gasteiger partial charge in [-0.05, 0) is 41.5 Å². The van der Waals surface area contributed by atoms with Gasteiger partial charge in [-0.1, -0.05) is 12.1 Å². The number of piperazine rings is 1. The van der Waals surface area contributed by atoms with Crippen LogP contribution in [0.15, 0.2) is 42.5 Å². The molecule has 9 nitrogen and oxygen atoms in total. The van der Waals surface area contributed by atoms with Crippen molar-refractivity contribution in [1.82, 2.24) is 20.2 Å². The Morgan fingerprint density at radius 2 is 1.67 bits per heavy atom. The van der Waals surface area contributed by atoms with Crippen LogP contribution in [0.3, 0.4) is 0 Å². The number of hydrogen-bond donors (Lipinski definition) is 1. The molecule has 2 saturated heterocycles. The topological polar surface area (TPSA) is 85.4 Å². The monoisotopic (exact) mass is 449 g/mol. The van der Waals surface area contributed by atoms with E-state index in [1.807, 2.05) is 24.3 Å². The number of imide groups is 1. The van der Waals surface area contributed by atoms with Crippen LogP contribution in [-0.2, 0) is 17.9 Å². The number of urea groups is 1. The molecule has 2 aromatic rings. The number of amides is 4. The maximum Gasteiger partial charge on any atom is 0.342 e. The third-order valence-corrected chi connectivity index (χ3v) is 6.49. The van der Waals surface area contributed by atoms with E-state index in [0.717, 1.165) is 49.6 Å². The fourth-order valence-electron chi connectivity index (χ4n) is 4.65. The molecule has 0 unspecified atom stereocenters. The number of rotatable bonds is 5. The van der Waals surface area contributed by atoms with Crippen molar-refractivity contribution >= 4 is 23.5 Å². The van der Waals surface area contributed by atoms with Crippen LogP contribution < -0.4 is 15.0 Å². The Labute approximate surface area is 192 Å². The molecule has 0 aliphatic carbocycles. The second-order valence-electron chi connectivity index (χ2n) is 8.54. The van der Waals surface area contributed by atoms with Gasteiger partial charge in [-0.15, -0.1) is 0 Å². The van der Waals surface area contributed by atoms with Crippen molar-refractivity contribution in [3.63, 3.8) is 0 Å².